The van der Waals surface area contributed by atoms with Gasteiger partial charge >= 0.3 is 12.1 Å². The number of carbonyl (C=O) groups is 1. The first-order chi connectivity index (χ1) is 26.8. The molecule has 0 aliphatic carbocycles. The van der Waals surface area contributed by atoms with E-state index in [0.717, 1.165) is 12.5 Å². The van der Waals surface area contributed by atoms with E-state index in [2.05, 4.69) is 26.9 Å². The molecule has 4 heterocycles. The number of fused-ring (bicyclic) bond motifs is 3. The number of hydrogen-bond donors (Lipinski definition) is 0. The van der Waals surface area contributed by atoms with E-state index >= 15 is 13.2 Å². The summed E-state index contributed by atoms with van der Waals surface area (Å²) in [4.78, 5) is 27.6. The summed E-state index contributed by atoms with van der Waals surface area (Å²) >= 11 is 0. The van der Waals surface area contributed by atoms with Crippen LogP contribution < -0.4 is 14.4 Å². The third kappa shape index (κ3) is 7.33. The van der Waals surface area contributed by atoms with Gasteiger partial charge in [-0.25, -0.2) is 22.4 Å². The van der Waals surface area contributed by atoms with E-state index in [1.165, 1.54) is 30.2 Å². The van der Waals surface area contributed by atoms with Crippen molar-refractivity contribution in [3.05, 3.63) is 53.3 Å². The highest BCUT2D eigenvalue weighted by molar-refractivity contribution is 6.04. The first-order valence-electron chi connectivity index (χ1n) is 18.4. The maximum atomic E-state index is 17.3. The van der Waals surface area contributed by atoms with Crippen LogP contribution in [0, 0.1) is 41.1 Å². The van der Waals surface area contributed by atoms with Crippen LogP contribution in [-0.2, 0) is 9.47 Å². The minimum absolute atomic E-state index is 0.0117. The van der Waals surface area contributed by atoms with E-state index < -0.39 is 52.5 Å². The quantitative estimate of drug-likeness (QED) is 0.0990. The highest BCUT2D eigenvalue weighted by Crippen LogP contribution is 2.43. The van der Waals surface area contributed by atoms with Crippen molar-refractivity contribution in [1.82, 2.24) is 19.8 Å². The molecule has 3 saturated heterocycles. The lowest BCUT2D eigenvalue weighted by Crippen LogP contribution is -2.56. The first-order valence-corrected chi connectivity index (χ1v) is 18.4. The van der Waals surface area contributed by atoms with Crippen LogP contribution in [0.1, 0.15) is 52.0 Å². The molecule has 7 rings (SSSR count). The molecule has 0 radical (unpaired) electrons. The Balaban J connectivity index is 1.38. The van der Waals surface area contributed by atoms with Crippen molar-refractivity contribution >= 4 is 33.6 Å². The third-order valence-corrected chi connectivity index (χ3v) is 10.6. The van der Waals surface area contributed by atoms with Gasteiger partial charge in [-0.1, -0.05) is 12.0 Å². The second-order valence-corrected chi connectivity index (χ2v) is 15.5. The molecule has 0 saturated carbocycles. The van der Waals surface area contributed by atoms with E-state index in [1.807, 2.05) is 0 Å². The Morgan fingerprint density at radius 1 is 1.07 bits per heavy atom. The summed E-state index contributed by atoms with van der Waals surface area (Å²) in [5.41, 5.74) is -2.50. The van der Waals surface area contributed by atoms with E-state index in [4.69, 9.17) is 25.4 Å². The lowest BCUT2D eigenvalue weighted by molar-refractivity contribution is 0.0145. The lowest BCUT2D eigenvalue weighted by Gasteiger charge is -2.41. The van der Waals surface area contributed by atoms with Crippen LogP contribution in [0.3, 0.4) is 0 Å². The van der Waals surface area contributed by atoms with Crippen molar-refractivity contribution < 1.29 is 41.3 Å². The number of aromatic nitrogens is 2. The number of methoxy groups -OCH3 is 1. The van der Waals surface area contributed by atoms with Gasteiger partial charge in [0.1, 0.15) is 47.1 Å². The molecule has 3 aromatic carbocycles. The van der Waals surface area contributed by atoms with Crippen LogP contribution in [-0.4, -0.2) is 102 Å². The van der Waals surface area contributed by atoms with Gasteiger partial charge in [0, 0.05) is 56.0 Å². The number of amides is 1. The number of benzene rings is 3. The SMILES string of the molecule is C#Cc1c(F)ccc2cc(OCOC)cc(-c3c(F)cc4c(N5CCN(C(=O)OC(C)(C)C)[C@@H](CC#N)C5)nc(OC[C@@]56CCCN5C[C@H](F)C6)nc4c3F)c12. The fourth-order valence-corrected chi connectivity index (χ4v) is 8.21. The summed E-state index contributed by atoms with van der Waals surface area (Å²) in [6, 6.07) is 7.86. The first kappa shape index (κ1) is 38.9. The molecule has 15 heteroatoms. The van der Waals surface area contributed by atoms with Crippen LogP contribution in [0.4, 0.5) is 28.2 Å². The number of halogens is 4. The number of nitriles is 1. The molecule has 294 valence electrons. The van der Waals surface area contributed by atoms with E-state index in [-0.39, 0.29) is 97.4 Å². The van der Waals surface area contributed by atoms with Gasteiger partial charge in [-0.2, -0.15) is 15.2 Å². The fourth-order valence-electron chi connectivity index (χ4n) is 8.21. The highest BCUT2D eigenvalue weighted by Gasteiger charge is 2.49. The molecule has 1 aromatic heterocycles. The van der Waals surface area contributed by atoms with E-state index in [1.54, 1.807) is 31.7 Å². The number of alkyl halides is 1. The zero-order chi connectivity index (χ0) is 39.9. The fraction of sp³-hybridized carbons (Fsp3) is 0.463. The summed E-state index contributed by atoms with van der Waals surface area (Å²) in [5.74, 6) is -0.263. The minimum Gasteiger partial charge on any atom is -0.468 e. The van der Waals surface area contributed by atoms with Crippen molar-refractivity contribution in [1.29, 1.82) is 5.26 Å². The third-order valence-electron chi connectivity index (χ3n) is 10.6. The van der Waals surface area contributed by atoms with Gasteiger partial charge in [-0.05, 0) is 69.8 Å². The summed E-state index contributed by atoms with van der Waals surface area (Å²) in [6.07, 6.45) is 5.90. The standard InChI is InChI=1S/C41H42F4N6O5/c1-6-28-31(43)9-8-24-16-27(55-23-53-5)17-29(33(24)28)34-32(44)18-30-36(35(34)45)47-38(54-22-41-11-7-13-50(41)20-25(42)19-41)48-37(30)49-14-15-51(26(21-49)10-12-46)39(52)56-40(2,3)4/h1,8-9,16-18,25-26H,7,10-11,13-15,19-23H2,2-5H3/t25-,26+,41+/m1/s1. The number of hydrogen-bond acceptors (Lipinski definition) is 10. The summed E-state index contributed by atoms with van der Waals surface area (Å²) < 4.78 is 86.4. The number of terminal acetylenes is 1. The second-order valence-electron chi connectivity index (χ2n) is 15.5. The average molecular weight is 775 g/mol. The molecule has 3 atom stereocenters. The van der Waals surface area contributed by atoms with Gasteiger partial charge in [0.05, 0.1) is 35.2 Å². The molecule has 0 bridgehead atoms. The Hall–Kier alpha value is -5.38. The van der Waals surface area contributed by atoms with Gasteiger partial charge < -0.3 is 28.7 Å². The molecule has 1 amide bonds. The normalized spacial score (nSPS) is 21.2. The second kappa shape index (κ2) is 15.3. The molecule has 3 fully saturated rings. The Morgan fingerprint density at radius 2 is 1.88 bits per heavy atom. The monoisotopic (exact) mass is 774 g/mol. The van der Waals surface area contributed by atoms with E-state index in [0.29, 0.717) is 18.4 Å². The minimum atomic E-state index is -1.10. The average Bonchev–Trinajstić information content (AvgIpc) is 3.68. The highest BCUT2D eigenvalue weighted by atomic mass is 19.1. The van der Waals surface area contributed by atoms with Crippen molar-refractivity contribution in [2.75, 3.05) is 58.1 Å². The maximum absolute atomic E-state index is 17.3. The van der Waals surface area contributed by atoms with Gasteiger partial charge in [0.25, 0.3) is 0 Å². The predicted molar refractivity (Wildman–Crippen MR) is 201 cm³/mol. The maximum Gasteiger partial charge on any atom is 0.410 e. The molecule has 0 spiro atoms. The number of ether oxygens (including phenoxy) is 4. The molecule has 56 heavy (non-hydrogen) atoms. The van der Waals surface area contributed by atoms with Gasteiger partial charge in [0.15, 0.2) is 12.6 Å². The molecular weight excluding hydrogens is 732 g/mol. The largest absolute Gasteiger partial charge is 0.468 e. The smallest absolute Gasteiger partial charge is 0.410 e. The van der Waals surface area contributed by atoms with Gasteiger partial charge in [0.2, 0.25) is 0 Å². The number of piperazine rings is 1. The summed E-state index contributed by atoms with van der Waals surface area (Å²) in [7, 11) is 1.42. The predicted octanol–water partition coefficient (Wildman–Crippen LogP) is 7.13. The van der Waals surface area contributed by atoms with Crippen molar-refractivity contribution in [3.8, 4) is 41.3 Å². The number of anilines is 1. The van der Waals surface area contributed by atoms with Crippen LogP contribution in [0.25, 0.3) is 32.8 Å². The Morgan fingerprint density at radius 3 is 2.61 bits per heavy atom. The topological polar surface area (TPSA) is 113 Å². The van der Waals surface area contributed by atoms with Crippen molar-refractivity contribution in [2.45, 2.75) is 69.8 Å². The summed E-state index contributed by atoms with van der Waals surface area (Å²) in [6.45, 7) is 6.43. The zero-order valence-corrected chi connectivity index (χ0v) is 31.6. The Labute approximate surface area is 322 Å². The molecule has 3 aliphatic rings. The van der Waals surface area contributed by atoms with Gasteiger partial charge in [-0.3, -0.25) is 4.90 Å². The van der Waals surface area contributed by atoms with E-state index in [9.17, 15) is 14.4 Å². The molecule has 11 nitrogen and oxygen atoms in total. The van der Waals surface area contributed by atoms with Crippen LogP contribution in [0.5, 0.6) is 11.8 Å². The van der Waals surface area contributed by atoms with Crippen LogP contribution >= 0.6 is 0 Å². The van der Waals surface area contributed by atoms with Gasteiger partial charge in [-0.15, -0.1) is 6.42 Å². The lowest BCUT2D eigenvalue weighted by atomic mass is 9.92. The molecule has 0 N–H and O–H groups in total. The van der Waals surface area contributed by atoms with Crippen molar-refractivity contribution in [3.63, 3.8) is 0 Å². The summed E-state index contributed by atoms with van der Waals surface area (Å²) in [5, 5.41) is 10.2. The zero-order valence-electron chi connectivity index (χ0n) is 31.6. The van der Waals surface area contributed by atoms with Crippen molar-refractivity contribution in [2.24, 2.45) is 0 Å². The number of nitrogens with zero attached hydrogens (tertiary/aromatic N) is 6. The number of carbonyl (C=O) groups excluding carboxylic acids is 1. The molecule has 0 unspecified atom stereocenters. The molecule has 3 aliphatic heterocycles. The Bertz CT molecular complexity index is 2270. The number of rotatable bonds is 9. The molecule has 4 aromatic rings. The Kier molecular flexibility index (Phi) is 10.6. The van der Waals surface area contributed by atoms with Crippen LogP contribution in [0.2, 0.25) is 0 Å². The molecular formula is C41H42F4N6O5. The van der Waals surface area contributed by atoms with Crippen LogP contribution in [0.15, 0.2) is 30.3 Å².